The molecule has 0 aliphatic carbocycles. The van der Waals surface area contributed by atoms with E-state index in [4.69, 9.17) is 15.2 Å². The van der Waals surface area contributed by atoms with Crippen molar-refractivity contribution >= 4 is 38.2 Å². The third kappa shape index (κ3) is 5.63. The Morgan fingerprint density at radius 1 is 1.09 bits per heavy atom. The number of hydrogen-bond donors (Lipinski definition) is 2. The molecular weight excluding hydrogens is 576 g/mol. The molecule has 0 saturated carbocycles. The third-order valence-electron chi connectivity index (χ3n) is 7.95. The molecule has 3 N–H and O–H groups in total. The zero-order valence-electron chi connectivity index (χ0n) is 23.1. The summed E-state index contributed by atoms with van der Waals surface area (Å²) < 4.78 is 39.3. The van der Waals surface area contributed by atoms with Crippen molar-refractivity contribution in [2.45, 2.75) is 28.7 Å². The number of primary amides is 1. The van der Waals surface area contributed by atoms with Gasteiger partial charge in [-0.05, 0) is 49.2 Å². The number of nitrogens with one attached hydrogen (secondary N) is 1. The molecule has 2 aliphatic heterocycles. The van der Waals surface area contributed by atoms with Gasteiger partial charge in [-0.1, -0.05) is 6.07 Å². The van der Waals surface area contributed by atoms with E-state index in [2.05, 4.69) is 14.9 Å². The van der Waals surface area contributed by atoms with Crippen LogP contribution in [0, 0.1) is 10.1 Å². The molecule has 224 valence electrons. The average Bonchev–Trinajstić information content (AvgIpc) is 3.49. The van der Waals surface area contributed by atoms with Gasteiger partial charge in [-0.25, -0.2) is 13.4 Å². The standard InChI is InChI=1S/C29H30N6O7S/c30-28(36)23-2-1-3-26(27(23)42-21-16-19-6-9-31-29(19)32-18-21)43(39,40)22-4-5-24(25(17-22)35(37)38)34-10-7-20(8-11-34)33-12-14-41-15-13-33/h1-6,9,16-18,20H,7-8,10-15H2,(H2,30,36)(H,31,32). The molecule has 6 rings (SSSR count). The van der Waals surface area contributed by atoms with Crippen LogP contribution in [0.4, 0.5) is 11.4 Å². The summed E-state index contributed by atoms with van der Waals surface area (Å²) in [6.45, 7) is 4.36. The number of anilines is 1. The number of pyridine rings is 1. The Morgan fingerprint density at radius 3 is 2.58 bits per heavy atom. The normalized spacial score (nSPS) is 16.8. The minimum Gasteiger partial charge on any atom is -0.453 e. The number of H-pyrrole nitrogens is 1. The van der Waals surface area contributed by atoms with Crippen LogP contribution in [0.1, 0.15) is 23.2 Å². The molecule has 13 nitrogen and oxygen atoms in total. The first kappa shape index (κ1) is 28.6. The number of nitro benzene ring substituents is 1. The van der Waals surface area contributed by atoms with Crippen LogP contribution in [0.2, 0.25) is 0 Å². The number of aromatic amines is 1. The summed E-state index contributed by atoms with van der Waals surface area (Å²) in [7, 11) is -4.41. The fraction of sp³-hybridized carbons (Fsp3) is 0.310. The molecular formula is C29H30N6O7S. The second-order valence-electron chi connectivity index (χ2n) is 10.5. The number of piperidine rings is 1. The summed E-state index contributed by atoms with van der Waals surface area (Å²) in [5.74, 6) is -1.01. The fourth-order valence-corrected chi connectivity index (χ4v) is 7.17. The van der Waals surface area contributed by atoms with Gasteiger partial charge in [0.15, 0.2) is 5.75 Å². The molecule has 4 aromatic rings. The molecule has 0 bridgehead atoms. The predicted octanol–water partition coefficient (Wildman–Crippen LogP) is 3.50. The van der Waals surface area contributed by atoms with Crippen molar-refractivity contribution in [3.05, 3.63) is 76.6 Å². The molecule has 1 amide bonds. The minimum atomic E-state index is -4.41. The number of benzene rings is 2. The number of rotatable bonds is 8. The maximum atomic E-state index is 14.0. The molecule has 43 heavy (non-hydrogen) atoms. The minimum absolute atomic E-state index is 0.163. The van der Waals surface area contributed by atoms with Gasteiger partial charge in [0.25, 0.3) is 11.6 Å². The zero-order chi connectivity index (χ0) is 30.1. The van der Waals surface area contributed by atoms with Gasteiger partial charge in [-0.15, -0.1) is 0 Å². The number of para-hydroxylation sites is 1. The quantitative estimate of drug-likeness (QED) is 0.223. The van der Waals surface area contributed by atoms with E-state index in [-0.39, 0.29) is 32.5 Å². The zero-order valence-corrected chi connectivity index (χ0v) is 24.0. The van der Waals surface area contributed by atoms with E-state index in [9.17, 15) is 23.3 Å². The number of carbonyl (C=O) groups excluding carboxylic acids is 1. The molecule has 0 radical (unpaired) electrons. The lowest BCUT2D eigenvalue weighted by Crippen LogP contribution is -2.49. The molecule has 2 fully saturated rings. The lowest BCUT2D eigenvalue weighted by Gasteiger charge is -2.40. The number of nitro groups is 1. The van der Waals surface area contributed by atoms with E-state index < -0.39 is 20.7 Å². The van der Waals surface area contributed by atoms with Crippen molar-refractivity contribution in [1.29, 1.82) is 0 Å². The molecule has 0 unspecified atom stereocenters. The van der Waals surface area contributed by atoms with Crippen molar-refractivity contribution in [3.8, 4) is 11.5 Å². The SMILES string of the molecule is NC(=O)c1cccc(S(=O)(=O)c2ccc(N3CCC(N4CCOCC4)CC3)c([N+](=O)[O-])c2)c1Oc1cnc2[nH]ccc2c1. The first-order valence-corrected chi connectivity index (χ1v) is 15.3. The average molecular weight is 607 g/mol. The molecule has 2 aromatic heterocycles. The Balaban J connectivity index is 1.32. The Hall–Kier alpha value is -4.53. The smallest absolute Gasteiger partial charge is 0.293 e. The summed E-state index contributed by atoms with van der Waals surface area (Å²) in [5, 5.41) is 12.9. The molecule has 0 atom stereocenters. The van der Waals surface area contributed by atoms with E-state index in [0.29, 0.717) is 49.1 Å². The molecule has 4 heterocycles. The number of nitrogens with zero attached hydrogens (tertiary/aromatic N) is 4. The first-order valence-electron chi connectivity index (χ1n) is 13.9. The Labute approximate surface area is 247 Å². The lowest BCUT2D eigenvalue weighted by molar-refractivity contribution is -0.384. The van der Waals surface area contributed by atoms with Crippen LogP contribution in [0.3, 0.4) is 0 Å². The van der Waals surface area contributed by atoms with Crippen molar-refractivity contribution < 1.29 is 27.6 Å². The van der Waals surface area contributed by atoms with Gasteiger partial charge in [0.05, 0.1) is 34.8 Å². The summed E-state index contributed by atoms with van der Waals surface area (Å²) in [6, 6.07) is 11.7. The Morgan fingerprint density at radius 2 is 1.86 bits per heavy atom. The first-order chi connectivity index (χ1) is 20.7. The van der Waals surface area contributed by atoms with E-state index in [1.165, 1.54) is 36.5 Å². The number of sulfone groups is 1. The van der Waals surface area contributed by atoms with Gasteiger partial charge < -0.3 is 25.1 Å². The number of hydrogen-bond acceptors (Lipinski definition) is 10. The highest BCUT2D eigenvalue weighted by Crippen LogP contribution is 2.39. The number of nitrogens with two attached hydrogens (primary N) is 1. The van der Waals surface area contributed by atoms with Crippen molar-refractivity contribution in [1.82, 2.24) is 14.9 Å². The number of ether oxygens (including phenoxy) is 2. The second kappa shape index (κ2) is 11.6. The Bertz CT molecular complexity index is 1790. The maximum Gasteiger partial charge on any atom is 0.293 e. The van der Waals surface area contributed by atoms with Crippen LogP contribution in [-0.2, 0) is 14.6 Å². The highest BCUT2D eigenvalue weighted by Gasteiger charge is 2.32. The van der Waals surface area contributed by atoms with Crippen LogP contribution in [0.25, 0.3) is 11.0 Å². The summed E-state index contributed by atoms with van der Waals surface area (Å²) in [6.07, 6.45) is 4.74. The van der Waals surface area contributed by atoms with Crippen molar-refractivity contribution in [3.63, 3.8) is 0 Å². The number of fused-ring (bicyclic) bond motifs is 1. The number of morpholine rings is 1. The van der Waals surface area contributed by atoms with E-state index in [1.54, 1.807) is 18.3 Å². The van der Waals surface area contributed by atoms with Crippen LogP contribution >= 0.6 is 0 Å². The molecule has 2 saturated heterocycles. The van der Waals surface area contributed by atoms with Gasteiger partial charge in [0.1, 0.15) is 22.0 Å². The predicted molar refractivity (Wildman–Crippen MR) is 157 cm³/mol. The summed E-state index contributed by atoms with van der Waals surface area (Å²) >= 11 is 0. The summed E-state index contributed by atoms with van der Waals surface area (Å²) in [5.41, 5.74) is 6.05. The van der Waals surface area contributed by atoms with E-state index >= 15 is 0 Å². The van der Waals surface area contributed by atoms with Gasteiger partial charge in [0.2, 0.25) is 9.84 Å². The molecule has 0 spiro atoms. The van der Waals surface area contributed by atoms with Crippen LogP contribution in [0.5, 0.6) is 11.5 Å². The monoisotopic (exact) mass is 606 g/mol. The highest BCUT2D eigenvalue weighted by molar-refractivity contribution is 7.91. The van der Waals surface area contributed by atoms with Gasteiger partial charge >= 0.3 is 0 Å². The number of amides is 1. The van der Waals surface area contributed by atoms with Gasteiger partial charge in [-0.3, -0.25) is 19.8 Å². The van der Waals surface area contributed by atoms with Gasteiger partial charge in [-0.2, -0.15) is 0 Å². The number of aromatic nitrogens is 2. The fourth-order valence-electron chi connectivity index (χ4n) is 5.75. The second-order valence-corrected chi connectivity index (χ2v) is 12.4. The third-order valence-corrected chi connectivity index (χ3v) is 9.72. The van der Waals surface area contributed by atoms with Crippen molar-refractivity contribution in [2.24, 2.45) is 5.73 Å². The molecule has 2 aromatic carbocycles. The van der Waals surface area contributed by atoms with Crippen LogP contribution < -0.4 is 15.4 Å². The lowest BCUT2D eigenvalue weighted by atomic mass is 10.0. The van der Waals surface area contributed by atoms with Gasteiger partial charge in [0, 0.05) is 49.9 Å². The molecule has 2 aliphatic rings. The maximum absolute atomic E-state index is 14.0. The van der Waals surface area contributed by atoms with Crippen LogP contribution in [0.15, 0.2) is 70.7 Å². The van der Waals surface area contributed by atoms with E-state index in [1.807, 2.05) is 4.90 Å². The van der Waals surface area contributed by atoms with Crippen molar-refractivity contribution in [2.75, 3.05) is 44.3 Å². The Kier molecular flexibility index (Phi) is 7.73. The van der Waals surface area contributed by atoms with E-state index in [0.717, 1.165) is 32.0 Å². The van der Waals surface area contributed by atoms with Crippen LogP contribution in [-0.4, -0.2) is 79.6 Å². The largest absolute Gasteiger partial charge is 0.453 e. The highest BCUT2D eigenvalue weighted by atomic mass is 32.2. The number of carbonyl (C=O) groups is 1. The summed E-state index contributed by atoms with van der Waals surface area (Å²) in [4.78, 5) is 34.8. The molecule has 14 heteroatoms. The topological polar surface area (TPSA) is 174 Å².